The Bertz CT molecular complexity index is 489. The highest BCUT2D eigenvalue weighted by Gasteiger charge is 2.35. The molecule has 0 aliphatic carbocycles. The van der Waals surface area contributed by atoms with E-state index in [4.69, 9.17) is 0 Å². The van der Waals surface area contributed by atoms with Crippen LogP contribution in [0.3, 0.4) is 0 Å². The summed E-state index contributed by atoms with van der Waals surface area (Å²) in [4.78, 5) is 26.6. The number of amides is 2. The van der Waals surface area contributed by atoms with Gasteiger partial charge in [-0.1, -0.05) is 12.1 Å². The third-order valence-electron chi connectivity index (χ3n) is 3.64. The third kappa shape index (κ3) is 1.72. The van der Waals surface area contributed by atoms with Crippen molar-refractivity contribution in [3.05, 3.63) is 29.8 Å². The molecule has 1 atom stereocenters. The summed E-state index contributed by atoms with van der Waals surface area (Å²) in [5, 5.41) is 2.85. The molecule has 0 aromatic heterocycles. The molecule has 2 amide bonds. The number of para-hydroxylation sites is 1. The summed E-state index contributed by atoms with van der Waals surface area (Å²) in [6, 6.07) is 7.84. The van der Waals surface area contributed by atoms with Gasteiger partial charge in [0.05, 0.1) is 6.04 Å². The van der Waals surface area contributed by atoms with Gasteiger partial charge in [-0.2, -0.15) is 0 Å². The normalized spacial score (nSPS) is 22.7. The van der Waals surface area contributed by atoms with Crippen molar-refractivity contribution < 1.29 is 9.59 Å². The van der Waals surface area contributed by atoms with Crippen LogP contribution in [-0.2, 0) is 0 Å². The first-order valence-corrected chi connectivity index (χ1v) is 6.13. The van der Waals surface area contributed by atoms with Crippen molar-refractivity contribution in [2.24, 2.45) is 0 Å². The molecule has 2 fully saturated rings. The van der Waals surface area contributed by atoms with Crippen molar-refractivity contribution in [1.82, 2.24) is 10.2 Å². The Hall–Kier alpha value is -2.04. The molecular formula is C13H15N3O2. The van der Waals surface area contributed by atoms with Crippen molar-refractivity contribution >= 4 is 18.0 Å². The Balaban J connectivity index is 1.82. The molecule has 1 unspecified atom stereocenters. The highest BCUT2D eigenvalue weighted by atomic mass is 16.2. The summed E-state index contributed by atoms with van der Waals surface area (Å²) in [5.41, 5.74) is 1.68. The van der Waals surface area contributed by atoms with Gasteiger partial charge in [-0.15, -0.1) is 0 Å². The van der Waals surface area contributed by atoms with Gasteiger partial charge >= 0.3 is 6.03 Å². The van der Waals surface area contributed by atoms with E-state index in [0.717, 1.165) is 25.1 Å². The molecular weight excluding hydrogens is 230 g/mol. The third-order valence-corrected chi connectivity index (χ3v) is 3.64. The van der Waals surface area contributed by atoms with Crippen LogP contribution in [0.4, 0.5) is 10.5 Å². The molecule has 1 N–H and O–H groups in total. The highest BCUT2D eigenvalue weighted by molar-refractivity contribution is 5.85. The average Bonchev–Trinajstić information content (AvgIpc) is 2.80. The van der Waals surface area contributed by atoms with Crippen LogP contribution in [0, 0.1) is 0 Å². The van der Waals surface area contributed by atoms with Gasteiger partial charge in [0.15, 0.2) is 6.29 Å². The largest absolute Gasteiger partial charge is 0.367 e. The molecule has 94 valence electrons. The number of hydrogen-bond acceptors (Lipinski definition) is 3. The fraction of sp³-hybridized carbons (Fsp3) is 0.385. The Labute approximate surface area is 105 Å². The van der Waals surface area contributed by atoms with Crippen LogP contribution in [0.1, 0.15) is 10.4 Å². The van der Waals surface area contributed by atoms with Gasteiger partial charge in [-0.25, -0.2) is 4.79 Å². The molecule has 0 spiro atoms. The highest BCUT2D eigenvalue weighted by Crippen LogP contribution is 2.23. The second-order valence-electron chi connectivity index (χ2n) is 4.66. The number of aldehydes is 1. The standard InChI is InChI=1S/C13H15N3O2/c17-9-10-3-1-2-4-12(10)15-5-6-16-11(8-15)7-14-13(16)18/h1-4,9,11H,5-8H2,(H,14,18). The minimum absolute atomic E-state index is 0.0309. The van der Waals surface area contributed by atoms with Gasteiger partial charge in [0.1, 0.15) is 0 Å². The number of urea groups is 1. The SMILES string of the molecule is O=Cc1ccccc1N1CCN2C(=O)NCC2C1. The molecule has 3 rings (SSSR count). The molecule has 1 aromatic carbocycles. The van der Waals surface area contributed by atoms with Crippen molar-refractivity contribution in [2.45, 2.75) is 6.04 Å². The number of carbonyl (C=O) groups excluding carboxylic acids is 2. The first-order chi connectivity index (χ1) is 8.79. The number of piperazine rings is 1. The van der Waals surface area contributed by atoms with Crippen LogP contribution < -0.4 is 10.2 Å². The minimum Gasteiger partial charge on any atom is -0.367 e. The van der Waals surface area contributed by atoms with Crippen molar-refractivity contribution in [3.8, 4) is 0 Å². The van der Waals surface area contributed by atoms with Gasteiger partial charge in [-0.3, -0.25) is 4.79 Å². The van der Waals surface area contributed by atoms with Crippen molar-refractivity contribution in [2.75, 3.05) is 31.1 Å². The van der Waals surface area contributed by atoms with Crippen LogP contribution in [0.2, 0.25) is 0 Å². The lowest BCUT2D eigenvalue weighted by Crippen LogP contribution is -2.52. The number of carbonyl (C=O) groups is 2. The van der Waals surface area contributed by atoms with E-state index in [1.54, 1.807) is 0 Å². The Morgan fingerprint density at radius 2 is 2.11 bits per heavy atom. The first-order valence-electron chi connectivity index (χ1n) is 6.13. The van der Waals surface area contributed by atoms with E-state index in [1.807, 2.05) is 29.2 Å². The monoisotopic (exact) mass is 245 g/mol. The van der Waals surface area contributed by atoms with E-state index in [2.05, 4.69) is 10.2 Å². The molecule has 0 bridgehead atoms. The number of benzene rings is 1. The van der Waals surface area contributed by atoms with Crippen molar-refractivity contribution in [3.63, 3.8) is 0 Å². The summed E-state index contributed by atoms with van der Waals surface area (Å²) in [5.74, 6) is 0. The summed E-state index contributed by atoms with van der Waals surface area (Å²) in [6.45, 7) is 2.96. The van der Waals surface area contributed by atoms with Crippen LogP contribution in [0.15, 0.2) is 24.3 Å². The smallest absolute Gasteiger partial charge is 0.317 e. The Kier molecular flexibility index (Phi) is 2.66. The Morgan fingerprint density at radius 3 is 2.94 bits per heavy atom. The lowest BCUT2D eigenvalue weighted by molar-refractivity contribution is 0.112. The zero-order valence-electron chi connectivity index (χ0n) is 10.0. The number of hydrogen-bond donors (Lipinski definition) is 1. The quantitative estimate of drug-likeness (QED) is 0.781. The molecule has 2 aliphatic rings. The fourth-order valence-electron chi connectivity index (χ4n) is 2.70. The molecule has 18 heavy (non-hydrogen) atoms. The zero-order valence-corrected chi connectivity index (χ0v) is 10.0. The molecule has 0 radical (unpaired) electrons. The van der Waals surface area contributed by atoms with Crippen LogP contribution in [-0.4, -0.2) is 49.4 Å². The summed E-state index contributed by atoms with van der Waals surface area (Å²) >= 11 is 0. The van der Waals surface area contributed by atoms with E-state index >= 15 is 0 Å². The van der Waals surface area contributed by atoms with Crippen molar-refractivity contribution in [1.29, 1.82) is 0 Å². The number of anilines is 1. The lowest BCUT2D eigenvalue weighted by Gasteiger charge is -2.38. The minimum atomic E-state index is 0.0309. The van der Waals surface area contributed by atoms with Crippen LogP contribution in [0.5, 0.6) is 0 Å². The van der Waals surface area contributed by atoms with Gasteiger partial charge in [-0.05, 0) is 12.1 Å². The molecule has 2 heterocycles. The second kappa shape index (κ2) is 4.33. The number of nitrogens with one attached hydrogen (secondary N) is 1. The molecule has 0 saturated carbocycles. The summed E-state index contributed by atoms with van der Waals surface area (Å²) in [7, 11) is 0. The van der Waals surface area contributed by atoms with E-state index in [0.29, 0.717) is 18.7 Å². The van der Waals surface area contributed by atoms with E-state index in [-0.39, 0.29) is 12.1 Å². The van der Waals surface area contributed by atoms with Gasteiger partial charge in [0, 0.05) is 37.4 Å². The van der Waals surface area contributed by atoms with Gasteiger partial charge in [0.2, 0.25) is 0 Å². The predicted molar refractivity (Wildman–Crippen MR) is 67.9 cm³/mol. The maximum Gasteiger partial charge on any atom is 0.317 e. The molecule has 5 heteroatoms. The molecule has 2 aliphatic heterocycles. The number of rotatable bonds is 2. The maximum absolute atomic E-state index is 11.5. The molecule has 1 aromatic rings. The second-order valence-corrected chi connectivity index (χ2v) is 4.66. The maximum atomic E-state index is 11.5. The summed E-state index contributed by atoms with van der Waals surface area (Å²) < 4.78 is 0. The number of nitrogens with zero attached hydrogens (tertiary/aromatic N) is 2. The van der Waals surface area contributed by atoms with Gasteiger partial charge < -0.3 is 15.1 Å². The van der Waals surface area contributed by atoms with E-state index < -0.39 is 0 Å². The topological polar surface area (TPSA) is 52.7 Å². The summed E-state index contributed by atoms with van der Waals surface area (Å²) in [6.07, 6.45) is 0.889. The average molecular weight is 245 g/mol. The van der Waals surface area contributed by atoms with Crippen LogP contribution in [0.25, 0.3) is 0 Å². The predicted octanol–water partition coefficient (Wildman–Crippen LogP) is 0.713. The fourth-order valence-corrected chi connectivity index (χ4v) is 2.70. The van der Waals surface area contributed by atoms with E-state index in [1.165, 1.54) is 0 Å². The van der Waals surface area contributed by atoms with E-state index in [9.17, 15) is 9.59 Å². The zero-order chi connectivity index (χ0) is 12.5. The van der Waals surface area contributed by atoms with Crippen LogP contribution >= 0.6 is 0 Å². The molecule has 5 nitrogen and oxygen atoms in total. The lowest BCUT2D eigenvalue weighted by atomic mass is 10.1. The number of fused-ring (bicyclic) bond motifs is 1. The first kappa shape index (κ1) is 11.1. The van der Waals surface area contributed by atoms with Gasteiger partial charge in [0.25, 0.3) is 0 Å². The Morgan fingerprint density at radius 1 is 1.28 bits per heavy atom. The molecule has 2 saturated heterocycles.